The van der Waals surface area contributed by atoms with Crippen molar-refractivity contribution in [1.29, 1.82) is 0 Å². The van der Waals surface area contributed by atoms with Gasteiger partial charge in [-0.2, -0.15) is 5.10 Å². The van der Waals surface area contributed by atoms with E-state index in [9.17, 15) is 0 Å². The predicted octanol–water partition coefficient (Wildman–Crippen LogP) is 1.23. The summed E-state index contributed by atoms with van der Waals surface area (Å²) in [6, 6.07) is 0. The van der Waals surface area contributed by atoms with Gasteiger partial charge in [0.25, 0.3) is 0 Å². The lowest BCUT2D eigenvalue weighted by Gasteiger charge is -2.03. The normalized spacial score (nSPS) is 10.6. The van der Waals surface area contributed by atoms with E-state index in [1.165, 1.54) is 11.3 Å². The van der Waals surface area contributed by atoms with Gasteiger partial charge in [0.2, 0.25) is 0 Å². The Bertz CT molecular complexity index is 437. The van der Waals surface area contributed by atoms with E-state index in [1.807, 2.05) is 6.20 Å². The number of aromatic amines is 1. The minimum absolute atomic E-state index is 0.776. The number of nitrogens with one attached hydrogen (secondary N) is 2. The van der Waals surface area contributed by atoms with Gasteiger partial charge in [-0.15, -0.1) is 0 Å². The third kappa shape index (κ3) is 3.64. The summed E-state index contributed by atoms with van der Waals surface area (Å²) < 4.78 is 0. The molecule has 2 heterocycles. The van der Waals surface area contributed by atoms with Crippen LogP contribution in [0.15, 0.2) is 24.8 Å². The fraction of sp³-hybridized carbons (Fsp3) is 0.417. The van der Waals surface area contributed by atoms with E-state index >= 15 is 0 Å². The van der Waals surface area contributed by atoms with Gasteiger partial charge in [-0.05, 0) is 31.9 Å². The number of hydrogen-bond donors (Lipinski definition) is 2. The van der Waals surface area contributed by atoms with Gasteiger partial charge < -0.3 is 5.32 Å². The number of rotatable bonds is 6. The zero-order valence-corrected chi connectivity index (χ0v) is 9.98. The van der Waals surface area contributed by atoms with Crippen LogP contribution in [0.5, 0.6) is 0 Å². The first-order valence-electron chi connectivity index (χ1n) is 5.80. The SMILES string of the molecule is Cc1[nH]ncc1CCCNCc1cnccn1. The summed E-state index contributed by atoms with van der Waals surface area (Å²) in [6.07, 6.45) is 9.23. The molecule has 0 aliphatic carbocycles. The number of nitrogens with zero attached hydrogens (tertiary/aromatic N) is 3. The van der Waals surface area contributed by atoms with Crippen molar-refractivity contribution in [1.82, 2.24) is 25.5 Å². The molecule has 0 amide bonds. The van der Waals surface area contributed by atoms with Crippen LogP contribution in [0.3, 0.4) is 0 Å². The van der Waals surface area contributed by atoms with Crippen molar-refractivity contribution in [2.45, 2.75) is 26.3 Å². The van der Waals surface area contributed by atoms with Crippen LogP contribution in [-0.4, -0.2) is 26.7 Å². The van der Waals surface area contributed by atoms with Gasteiger partial charge in [0.1, 0.15) is 0 Å². The Labute approximate surface area is 101 Å². The van der Waals surface area contributed by atoms with Crippen LogP contribution < -0.4 is 5.32 Å². The molecule has 0 atom stereocenters. The van der Waals surface area contributed by atoms with E-state index in [-0.39, 0.29) is 0 Å². The molecular weight excluding hydrogens is 214 g/mol. The minimum Gasteiger partial charge on any atom is -0.311 e. The highest BCUT2D eigenvalue weighted by Gasteiger charge is 1.99. The molecule has 2 N–H and O–H groups in total. The number of aromatic nitrogens is 4. The standard InChI is InChI=1S/C12H17N5/c1-10-11(7-16-17-10)3-2-4-13-8-12-9-14-5-6-15-12/h5-7,9,13H,2-4,8H2,1H3,(H,16,17). The van der Waals surface area contributed by atoms with E-state index in [0.717, 1.165) is 31.6 Å². The van der Waals surface area contributed by atoms with Crippen LogP contribution in [0.2, 0.25) is 0 Å². The molecule has 0 aliphatic rings. The highest BCUT2D eigenvalue weighted by molar-refractivity contribution is 5.14. The van der Waals surface area contributed by atoms with Gasteiger partial charge in [-0.1, -0.05) is 0 Å². The highest BCUT2D eigenvalue weighted by Crippen LogP contribution is 2.05. The molecule has 5 heteroatoms. The largest absolute Gasteiger partial charge is 0.311 e. The molecule has 0 unspecified atom stereocenters. The Morgan fingerprint density at radius 2 is 2.24 bits per heavy atom. The molecule has 0 radical (unpaired) electrons. The maximum atomic E-state index is 4.20. The third-order valence-corrected chi connectivity index (χ3v) is 2.66. The summed E-state index contributed by atoms with van der Waals surface area (Å²) in [4.78, 5) is 8.22. The lowest BCUT2D eigenvalue weighted by molar-refractivity contribution is 0.638. The average molecular weight is 231 g/mol. The zero-order chi connectivity index (χ0) is 11.9. The second-order valence-corrected chi connectivity index (χ2v) is 4.00. The second kappa shape index (κ2) is 6.10. The predicted molar refractivity (Wildman–Crippen MR) is 65.4 cm³/mol. The highest BCUT2D eigenvalue weighted by atomic mass is 15.1. The van der Waals surface area contributed by atoms with Crippen molar-refractivity contribution in [3.05, 3.63) is 41.7 Å². The van der Waals surface area contributed by atoms with Crippen LogP contribution in [0.25, 0.3) is 0 Å². The maximum Gasteiger partial charge on any atom is 0.0724 e. The Morgan fingerprint density at radius 1 is 1.29 bits per heavy atom. The lowest BCUT2D eigenvalue weighted by Crippen LogP contribution is -2.16. The Kier molecular flexibility index (Phi) is 4.21. The summed E-state index contributed by atoms with van der Waals surface area (Å²) in [6.45, 7) is 3.80. The quantitative estimate of drug-likeness (QED) is 0.734. The smallest absolute Gasteiger partial charge is 0.0724 e. The van der Waals surface area contributed by atoms with Gasteiger partial charge >= 0.3 is 0 Å². The fourth-order valence-corrected chi connectivity index (χ4v) is 1.67. The molecule has 2 aromatic rings. The van der Waals surface area contributed by atoms with Crippen molar-refractivity contribution in [3.63, 3.8) is 0 Å². The summed E-state index contributed by atoms with van der Waals surface area (Å²) in [5, 5.41) is 10.3. The Morgan fingerprint density at radius 3 is 2.94 bits per heavy atom. The molecule has 0 aromatic carbocycles. The first kappa shape index (κ1) is 11.7. The molecule has 2 aromatic heterocycles. The maximum absolute atomic E-state index is 4.20. The summed E-state index contributed by atoms with van der Waals surface area (Å²) >= 11 is 0. The van der Waals surface area contributed by atoms with E-state index < -0.39 is 0 Å². The number of aryl methyl sites for hydroxylation is 2. The summed E-state index contributed by atoms with van der Waals surface area (Å²) in [5.41, 5.74) is 3.44. The van der Waals surface area contributed by atoms with Crippen LogP contribution in [0, 0.1) is 6.92 Å². The number of H-pyrrole nitrogens is 1. The van der Waals surface area contributed by atoms with Gasteiger partial charge in [0, 0.05) is 30.8 Å². The van der Waals surface area contributed by atoms with Gasteiger partial charge in [-0.25, -0.2) is 0 Å². The Balaban J connectivity index is 1.63. The van der Waals surface area contributed by atoms with E-state index in [0.29, 0.717) is 0 Å². The monoisotopic (exact) mass is 231 g/mol. The molecular formula is C12H17N5. The molecule has 0 bridgehead atoms. The Hall–Kier alpha value is -1.75. The third-order valence-electron chi connectivity index (χ3n) is 2.66. The minimum atomic E-state index is 0.776. The van der Waals surface area contributed by atoms with Crippen molar-refractivity contribution in [3.8, 4) is 0 Å². The number of hydrogen-bond acceptors (Lipinski definition) is 4. The van der Waals surface area contributed by atoms with Crippen molar-refractivity contribution < 1.29 is 0 Å². The fourth-order valence-electron chi connectivity index (χ4n) is 1.67. The van der Waals surface area contributed by atoms with Crippen LogP contribution in [0.1, 0.15) is 23.4 Å². The van der Waals surface area contributed by atoms with E-state index in [4.69, 9.17) is 0 Å². The van der Waals surface area contributed by atoms with E-state index in [1.54, 1.807) is 18.6 Å². The molecule has 17 heavy (non-hydrogen) atoms. The topological polar surface area (TPSA) is 66.5 Å². The zero-order valence-electron chi connectivity index (χ0n) is 9.98. The molecule has 0 aliphatic heterocycles. The molecule has 0 saturated carbocycles. The summed E-state index contributed by atoms with van der Waals surface area (Å²) in [5.74, 6) is 0. The van der Waals surface area contributed by atoms with Crippen LogP contribution in [-0.2, 0) is 13.0 Å². The van der Waals surface area contributed by atoms with Crippen molar-refractivity contribution >= 4 is 0 Å². The van der Waals surface area contributed by atoms with Gasteiger partial charge in [0.05, 0.1) is 11.9 Å². The van der Waals surface area contributed by atoms with Crippen molar-refractivity contribution in [2.75, 3.05) is 6.54 Å². The lowest BCUT2D eigenvalue weighted by atomic mass is 10.1. The molecule has 0 saturated heterocycles. The molecule has 5 nitrogen and oxygen atoms in total. The summed E-state index contributed by atoms with van der Waals surface area (Å²) in [7, 11) is 0. The molecule has 0 fully saturated rings. The second-order valence-electron chi connectivity index (χ2n) is 4.00. The molecule has 0 spiro atoms. The van der Waals surface area contributed by atoms with Crippen molar-refractivity contribution in [2.24, 2.45) is 0 Å². The average Bonchev–Trinajstić information content (AvgIpc) is 2.76. The van der Waals surface area contributed by atoms with Gasteiger partial charge in [0.15, 0.2) is 0 Å². The molecule has 2 rings (SSSR count). The van der Waals surface area contributed by atoms with Gasteiger partial charge in [-0.3, -0.25) is 15.1 Å². The first-order chi connectivity index (χ1) is 8.36. The van der Waals surface area contributed by atoms with E-state index in [2.05, 4.69) is 32.4 Å². The van der Waals surface area contributed by atoms with Crippen LogP contribution >= 0.6 is 0 Å². The van der Waals surface area contributed by atoms with Crippen LogP contribution in [0.4, 0.5) is 0 Å². The first-order valence-corrected chi connectivity index (χ1v) is 5.80. The molecule has 90 valence electrons.